The number of aliphatic carboxylic acids is 1. The number of carbonyl (C=O) groups is 1. The van der Waals surface area contributed by atoms with Crippen LogP contribution in [0.2, 0.25) is 0 Å². The maximum Gasteiger partial charge on any atom is 0.397 e. The van der Waals surface area contributed by atoms with Crippen molar-refractivity contribution in [3.63, 3.8) is 0 Å². The molecule has 300 valence electrons. The fourth-order valence-electron chi connectivity index (χ4n) is 5.03. The lowest BCUT2D eigenvalue weighted by atomic mass is 9.95. The highest BCUT2D eigenvalue weighted by molar-refractivity contribution is 7.84. The molecule has 51 heavy (non-hydrogen) atoms. The molecule has 3 heterocycles. The molecular weight excluding hydrogens is 804 g/mol. The van der Waals surface area contributed by atoms with Crippen LogP contribution >= 0.6 is 0 Å². The summed E-state index contributed by atoms with van der Waals surface area (Å²) in [6.07, 6.45) is -31.4. The van der Waals surface area contributed by atoms with E-state index in [0.717, 1.165) is 0 Å². The van der Waals surface area contributed by atoms with E-state index >= 15 is 0 Å². The maximum atomic E-state index is 12.2. The molecule has 13 N–H and O–H groups in total. The SMILES string of the molecule is O=C(O)[C@H]1O[C@@H](O[C@H]2[C@H](OS(=O)(=O)O)[C@@H](NS(=O)(=O)O)[C@@H](O)O[C@@H]2CO)[C@H](O)[C@@H](O)[C@@H]1O[C@H]1O[C@H](COS(=O)(=O)O)[C@@H](O)[C@H](O)[C@H]1NS(=O)(=O)O. The van der Waals surface area contributed by atoms with Crippen molar-refractivity contribution >= 4 is 47.4 Å². The lowest BCUT2D eigenvalue weighted by molar-refractivity contribution is -0.359. The van der Waals surface area contributed by atoms with Gasteiger partial charge in [0.15, 0.2) is 25.0 Å². The minimum absolute atomic E-state index is 1.26. The Morgan fingerprint density at radius 3 is 1.67 bits per heavy atom. The van der Waals surface area contributed by atoms with Crippen LogP contribution < -0.4 is 9.44 Å². The first kappa shape index (κ1) is 43.9. The first-order chi connectivity index (χ1) is 23.1. The van der Waals surface area contributed by atoms with Gasteiger partial charge in [0.25, 0.3) is 0 Å². The van der Waals surface area contributed by atoms with Crippen molar-refractivity contribution in [2.24, 2.45) is 0 Å². The molecule has 0 aromatic carbocycles. The monoisotopic (exact) mass is 836 g/mol. The Balaban J connectivity index is 1.97. The topological polar surface area (TPSA) is 465 Å². The maximum absolute atomic E-state index is 12.2. The average molecular weight is 837 g/mol. The third-order valence-electron chi connectivity index (χ3n) is 7.10. The van der Waals surface area contributed by atoms with Crippen molar-refractivity contribution in [3.8, 4) is 0 Å². The zero-order valence-corrected chi connectivity index (χ0v) is 27.9. The normalized spacial score (nSPS) is 40.2. The zero-order valence-electron chi connectivity index (χ0n) is 24.7. The van der Waals surface area contributed by atoms with E-state index in [1.807, 2.05) is 0 Å². The molecule has 0 saturated carbocycles. The first-order valence-corrected chi connectivity index (χ1v) is 19.0. The first-order valence-electron chi connectivity index (χ1n) is 13.4. The molecule has 3 aliphatic heterocycles. The van der Waals surface area contributed by atoms with Crippen LogP contribution in [0.5, 0.6) is 0 Å². The number of nitrogens with one attached hydrogen (secondary N) is 2. The predicted octanol–water partition coefficient (Wildman–Crippen LogP) is -9.03. The van der Waals surface area contributed by atoms with Crippen LogP contribution in [-0.2, 0) is 78.3 Å². The van der Waals surface area contributed by atoms with E-state index in [1.165, 1.54) is 9.44 Å². The van der Waals surface area contributed by atoms with Crippen molar-refractivity contribution in [1.82, 2.24) is 9.44 Å². The van der Waals surface area contributed by atoms with E-state index in [1.54, 1.807) is 0 Å². The molecule has 0 aromatic heterocycles. The number of hydrogen-bond acceptors (Lipinski definition) is 22. The molecular formula is C18H32N2O27S4. The second kappa shape index (κ2) is 16.5. The third kappa shape index (κ3) is 12.0. The number of aliphatic hydroxyl groups is 6. The molecule has 29 nitrogen and oxygen atoms in total. The van der Waals surface area contributed by atoms with E-state index in [9.17, 15) is 87.9 Å². The van der Waals surface area contributed by atoms with Crippen LogP contribution in [0.25, 0.3) is 0 Å². The standard InChI is InChI=1S/C18H32N2O27S4/c21-1-3-11(12(47-51(38,39)40)6(16(28)42-3)20-49(32,33)34)44-18-10(25)9(24)13(14(46-18)15(26)27)45-17-5(19-48(29,30)31)8(23)7(22)4(43-17)2-41-50(35,36)37/h3-14,16-25,28H,1-2H2,(H,26,27)(H,29,30,31)(H,32,33,34)(H,35,36,37)(H,38,39,40)/t3-,4-,5-,6-,7-,8-,9-,10-,11-,12-,13+,14+,16+,17-,18-/m1/s1. The van der Waals surface area contributed by atoms with E-state index in [4.69, 9.17) is 28.2 Å². The fourth-order valence-corrected chi connectivity index (χ4v) is 7.03. The summed E-state index contributed by atoms with van der Waals surface area (Å²) < 4.78 is 165. The second-order valence-electron chi connectivity index (χ2n) is 10.7. The summed E-state index contributed by atoms with van der Waals surface area (Å²) in [5, 5.41) is 72.4. The Kier molecular flexibility index (Phi) is 14.2. The summed E-state index contributed by atoms with van der Waals surface area (Å²) in [7, 11) is -21.6. The van der Waals surface area contributed by atoms with Gasteiger partial charge in [-0.3, -0.25) is 18.2 Å². The van der Waals surface area contributed by atoms with Crippen LogP contribution in [0.1, 0.15) is 0 Å². The summed E-state index contributed by atoms with van der Waals surface area (Å²) in [6.45, 7) is -2.58. The van der Waals surface area contributed by atoms with Crippen molar-refractivity contribution in [2.45, 2.75) is 92.0 Å². The van der Waals surface area contributed by atoms with Gasteiger partial charge >= 0.3 is 47.4 Å². The quantitative estimate of drug-likeness (QED) is 0.0681. The number of carboxylic acids is 1. The van der Waals surface area contributed by atoms with Gasteiger partial charge in [-0.2, -0.15) is 43.1 Å². The molecule has 3 aliphatic rings. The molecule has 0 aromatic rings. The minimum atomic E-state index is -5.64. The second-order valence-corrected chi connectivity index (χ2v) is 15.2. The van der Waals surface area contributed by atoms with E-state index in [2.05, 4.69) is 8.37 Å². The van der Waals surface area contributed by atoms with Gasteiger partial charge in [0.05, 0.1) is 13.2 Å². The van der Waals surface area contributed by atoms with Crippen LogP contribution in [0.4, 0.5) is 0 Å². The Morgan fingerprint density at radius 1 is 0.627 bits per heavy atom. The predicted molar refractivity (Wildman–Crippen MR) is 148 cm³/mol. The Labute approximate surface area is 286 Å². The Hall–Kier alpha value is -1.49. The summed E-state index contributed by atoms with van der Waals surface area (Å²) in [4.78, 5) is 12.2. The lowest BCUT2D eigenvalue weighted by Gasteiger charge is -2.48. The molecule has 0 radical (unpaired) electrons. The largest absolute Gasteiger partial charge is 0.479 e. The van der Waals surface area contributed by atoms with Gasteiger partial charge in [0, 0.05) is 0 Å². The molecule has 0 amide bonds. The van der Waals surface area contributed by atoms with Crippen molar-refractivity contribution in [2.75, 3.05) is 13.2 Å². The van der Waals surface area contributed by atoms with E-state index < -0.39 is 153 Å². The minimum Gasteiger partial charge on any atom is -0.479 e. The van der Waals surface area contributed by atoms with Crippen molar-refractivity contribution in [3.05, 3.63) is 0 Å². The van der Waals surface area contributed by atoms with Crippen LogP contribution in [-0.4, -0.2) is 199 Å². The highest BCUT2D eigenvalue weighted by atomic mass is 32.3. The molecule has 3 rings (SSSR count). The fraction of sp³-hybridized carbons (Fsp3) is 0.944. The zero-order chi connectivity index (χ0) is 39.0. The summed E-state index contributed by atoms with van der Waals surface area (Å²) in [5.74, 6) is -2.10. The third-order valence-corrected chi connectivity index (χ3v) is 9.14. The highest BCUT2D eigenvalue weighted by Crippen LogP contribution is 2.34. The number of rotatable bonds is 15. The molecule has 0 spiro atoms. The van der Waals surface area contributed by atoms with Gasteiger partial charge < -0.3 is 59.4 Å². The molecule has 15 atom stereocenters. The van der Waals surface area contributed by atoms with Gasteiger partial charge in [-0.1, -0.05) is 0 Å². The van der Waals surface area contributed by atoms with Gasteiger partial charge in [-0.25, -0.2) is 13.2 Å². The van der Waals surface area contributed by atoms with Crippen LogP contribution in [0.3, 0.4) is 0 Å². The Bertz CT molecular complexity index is 1660. The molecule has 3 saturated heterocycles. The Morgan fingerprint density at radius 2 is 1.18 bits per heavy atom. The summed E-state index contributed by atoms with van der Waals surface area (Å²) in [5.41, 5.74) is 0. The average Bonchev–Trinajstić information content (AvgIpc) is 2.96. The summed E-state index contributed by atoms with van der Waals surface area (Å²) in [6, 6.07) is -4.74. The molecule has 0 bridgehead atoms. The van der Waals surface area contributed by atoms with Crippen molar-refractivity contribution in [1.29, 1.82) is 0 Å². The summed E-state index contributed by atoms with van der Waals surface area (Å²) >= 11 is 0. The lowest BCUT2D eigenvalue weighted by Crippen LogP contribution is -2.69. The van der Waals surface area contributed by atoms with Gasteiger partial charge in [0.1, 0.15) is 67.0 Å². The molecule has 33 heteroatoms. The molecule has 3 fully saturated rings. The number of aliphatic hydroxyl groups excluding tert-OH is 6. The number of carboxylic acid groups (broad SMARTS) is 1. The number of hydrogen-bond donors (Lipinski definition) is 13. The number of ether oxygens (including phenoxy) is 5. The van der Waals surface area contributed by atoms with Crippen LogP contribution in [0.15, 0.2) is 0 Å². The van der Waals surface area contributed by atoms with Gasteiger partial charge in [-0.05, 0) is 0 Å². The van der Waals surface area contributed by atoms with Crippen molar-refractivity contribution < 1.29 is 124 Å². The van der Waals surface area contributed by atoms with Gasteiger partial charge in [-0.15, -0.1) is 0 Å². The van der Waals surface area contributed by atoms with E-state index in [0.29, 0.717) is 0 Å². The van der Waals surface area contributed by atoms with Crippen LogP contribution in [0, 0.1) is 0 Å². The molecule has 0 aliphatic carbocycles. The smallest absolute Gasteiger partial charge is 0.397 e. The molecule has 0 unspecified atom stereocenters. The van der Waals surface area contributed by atoms with E-state index in [-0.39, 0.29) is 0 Å². The van der Waals surface area contributed by atoms with Gasteiger partial charge in [0.2, 0.25) is 0 Å². The highest BCUT2D eigenvalue weighted by Gasteiger charge is 2.57.